The maximum atomic E-state index is 6.19. The van der Waals surface area contributed by atoms with Crippen LogP contribution in [0.5, 0.6) is 0 Å². The molecule has 1 fully saturated rings. The molecule has 3 rings (SSSR count). The average molecular weight is 379 g/mol. The third kappa shape index (κ3) is 5.55. The van der Waals surface area contributed by atoms with Gasteiger partial charge in [0.1, 0.15) is 0 Å². The first-order valence-corrected chi connectivity index (χ1v) is 12.1. The fraction of sp³-hybridized carbons (Fsp3) is 0.727. The van der Waals surface area contributed by atoms with Gasteiger partial charge in [-0.25, -0.2) is 0 Å². The molecule has 2 aromatic heterocycles. The topological polar surface area (TPSA) is 9.23 Å². The number of unbranched alkanes of at least 4 members (excludes halogenated alkanes) is 5. The molecule has 1 nitrogen and oxygen atoms in total. The van der Waals surface area contributed by atoms with Crippen LogP contribution in [0.25, 0.3) is 9.40 Å². The van der Waals surface area contributed by atoms with E-state index in [2.05, 4.69) is 26.0 Å². The van der Waals surface area contributed by atoms with E-state index in [0.29, 0.717) is 6.10 Å². The van der Waals surface area contributed by atoms with Crippen molar-refractivity contribution >= 4 is 32.1 Å². The number of hydrogen-bond acceptors (Lipinski definition) is 3. The molecule has 3 heteroatoms. The lowest BCUT2D eigenvalue weighted by molar-refractivity contribution is -0.0175. The Hall–Kier alpha value is -0.380. The summed E-state index contributed by atoms with van der Waals surface area (Å²) in [6.45, 7) is 5.53. The normalized spacial score (nSPS) is 21.2. The van der Waals surface area contributed by atoms with E-state index in [9.17, 15) is 0 Å². The number of rotatable bonds is 10. The molecule has 0 aliphatic carbocycles. The molecule has 1 saturated heterocycles. The van der Waals surface area contributed by atoms with E-state index in [0.717, 1.165) is 12.5 Å². The van der Waals surface area contributed by atoms with Crippen LogP contribution in [0.15, 0.2) is 12.1 Å². The van der Waals surface area contributed by atoms with Crippen molar-refractivity contribution in [3.63, 3.8) is 0 Å². The molecular weight excluding hydrogens is 344 g/mol. The van der Waals surface area contributed by atoms with Gasteiger partial charge in [0.2, 0.25) is 0 Å². The first-order chi connectivity index (χ1) is 12.3. The van der Waals surface area contributed by atoms with Crippen LogP contribution in [-0.4, -0.2) is 6.61 Å². The van der Waals surface area contributed by atoms with E-state index in [4.69, 9.17) is 4.74 Å². The second kappa shape index (κ2) is 10.1. The Kier molecular flexibility index (Phi) is 7.82. The lowest BCUT2D eigenvalue weighted by atomic mass is 9.94. The van der Waals surface area contributed by atoms with Crippen molar-refractivity contribution in [1.82, 2.24) is 0 Å². The van der Waals surface area contributed by atoms with Crippen LogP contribution in [-0.2, 0) is 11.2 Å². The highest BCUT2D eigenvalue weighted by molar-refractivity contribution is 7.38. The van der Waals surface area contributed by atoms with Gasteiger partial charge in [-0.3, -0.25) is 0 Å². The summed E-state index contributed by atoms with van der Waals surface area (Å²) in [6, 6.07) is 4.85. The third-order valence-corrected chi connectivity index (χ3v) is 7.99. The SMILES string of the molecule is CCCCCCCCc1cc2cc(C3CCC(CCC)CO3)sc2s1. The number of thiophene rings is 2. The Morgan fingerprint density at radius 3 is 2.52 bits per heavy atom. The molecule has 140 valence electrons. The zero-order valence-corrected chi connectivity index (χ0v) is 17.7. The number of ether oxygens (including phenoxy) is 1. The molecule has 0 aromatic carbocycles. The lowest BCUT2D eigenvalue weighted by Gasteiger charge is -2.28. The van der Waals surface area contributed by atoms with Gasteiger partial charge in [-0.1, -0.05) is 52.4 Å². The van der Waals surface area contributed by atoms with Crippen LogP contribution in [0.4, 0.5) is 0 Å². The Morgan fingerprint density at radius 1 is 0.960 bits per heavy atom. The number of aryl methyl sites for hydroxylation is 1. The van der Waals surface area contributed by atoms with Gasteiger partial charge >= 0.3 is 0 Å². The van der Waals surface area contributed by atoms with Crippen molar-refractivity contribution in [2.75, 3.05) is 6.61 Å². The molecule has 0 bridgehead atoms. The maximum Gasteiger partial charge on any atom is 0.0917 e. The van der Waals surface area contributed by atoms with Crippen LogP contribution < -0.4 is 0 Å². The van der Waals surface area contributed by atoms with Gasteiger partial charge in [0.15, 0.2) is 0 Å². The van der Waals surface area contributed by atoms with Crippen molar-refractivity contribution in [1.29, 1.82) is 0 Å². The number of fused-ring (bicyclic) bond motifs is 1. The predicted molar refractivity (Wildman–Crippen MR) is 113 cm³/mol. The van der Waals surface area contributed by atoms with Crippen molar-refractivity contribution in [2.45, 2.75) is 90.6 Å². The van der Waals surface area contributed by atoms with E-state index in [1.807, 2.05) is 22.7 Å². The van der Waals surface area contributed by atoms with Gasteiger partial charge < -0.3 is 4.74 Å². The predicted octanol–water partition coefficient (Wildman–Crippen LogP) is 8.13. The molecule has 0 spiro atoms. The summed E-state index contributed by atoms with van der Waals surface area (Å²) in [4.78, 5) is 3.04. The molecule has 1 aliphatic rings. The van der Waals surface area contributed by atoms with Crippen LogP contribution in [0.3, 0.4) is 0 Å². The van der Waals surface area contributed by atoms with Crippen LogP contribution in [0.2, 0.25) is 0 Å². The second-order valence-electron chi connectivity index (χ2n) is 7.68. The summed E-state index contributed by atoms with van der Waals surface area (Å²) in [5.74, 6) is 0.797. The molecule has 2 unspecified atom stereocenters. The van der Waals surface area contributed by atoms with Crippen molar-refractivity contribution in [2.24, 2.45) is 5.92 Å². The number of hydrogen-bond donors (Lipinski definition) is 0. The molecule has 2 aromatic rings. The van der Waals surface area contributed by atoms with Gasteiger partial charge in [-0.2, -0.15) is 0 Å². The minimum Gasteiger partial charge on any atom is -0.372 e. The average Bonchev–Trinajstić information content (AvgIpc) is 3.17. The Labute approximate surface area is 161 Å². The maximum absolute atomic E-state index is 6.19. The Balaban J connectivity index is 1.47. The van der Waals surface area contributed by atoms with Gasteiger partial charge in [0.25, 0.3) is 0 Å². The fourth-order valence-corrected chi connectivity index (χ4v) is 6.57. The highest BCUT2D eigenvalue weighted by atomic mass is 32.2. The lowest BCUT2D eigenvalue weighted by Crippen LogP contribution is -2.19. The molecule has 2 atom stereocenters. The van der Waals surface area contributed by atoms with E-state index >= 15 is 0 Å². The monoisotopic (exact) mass is 378 g/mol. The smallest absolute Gasteiger partial charge is 0.0917 e. The van der Waals surface area contributed by atoms with Crippen LogP contribution >= 0.6 is 22.7 Å². The minimum absolute atomic E-state index is 0.361. The molecule has 25 heavy (non-hydrogen) atoms. The van der Waals surface area contributed by atoms with Gasteiger partial charge in [0.05, 0.1) is 16.7 Å². The molecule has 0 saturated carbocycles. The molecular formula is C22H34OS2. The van der Waals surface area contributed by atoms with E-state index < -0.39 is 0 Å². The highest BCUT2D eigenvalue weighted by Gasteiger charge is 2.24. The van der Waals surface area contributed by atoms with Crippen molar-refractivity contribution < 1.29 is 4.74 Å². The van der Waals surface area contributed by atoms with E-state index in [-0.39, 0.29) is 0 Å². The largest absolute Gasteiger partial charge is 0.372 e. The quantitative estimate of drug-likeness (QED) is 0.379. The van der Waals surface area contributed by atoms with E-state index in [1.165, 1.54) is 84.9 Å². The second-order valence-corrected chi connectivity index (χ2v) is 10.2. The third-order valence-electron chi connectivity index (χ3n) is 5.45. The summed E-state index contributed by atoms with van der Waals surface area (Å²) in [6.07, 6.45) is 15.1. The standard InChI is InChI=1S/C22H34OS2/c1-3-5-6-7-8-9-11-19-14-18-15-21(25-22(18)24-19)20-13-12-17(10-4-2)16-23-20/h14-15,17,20H,3-13,16H2,1-2H3. The summed E-state index contributed by atoms with van der Waals surface area (Å²) >= 11 is 4.01. The van der Waals surface area contributed by atoms with Crippen LogP contribution in [0, 0.1) is 5.92 Å². The molecule has 0 radical (unpaired) electrons. The van der Waals surface area contributed by atoms with Gasteiger partial charge in [-0.15, -0.1) is 22.7 Å². The summed E-state index contributed by atoms with van der Waals surface area (Å²) in [5, 5.41) is 1.46. The van der Waals surface area contributed by atoms with E-state index in [1.54, 1.807) is 4.88 Å². The molecule has 1 aliphatic heterocycles. The Morgan fingerprint density at radius 2 is 1.80 bits per heavy atom. The molecule has 3 heterocycles. The van der Waals surface area contributed by atoms with Crippen molar-refractivity contribution in [3.05, 3.63) is 21.9 Å². The minimum atomic E-state index is 0.361. The Bertz CT molecular complexity index is 588. The van der Waals surface area contributed by atoms with Gasteiger partial charge in [0, 0.05) is 15.1 Å². The first-order valence-electron chi connectivity index (χ1n) is 10.4. The summed E-state index contributed by atoms with van der Waals surface area (Å²) < 4.78 is 7.69. The first kappa shape index (κ1) is 19.4. The summed E-state index contributed by atoms with van der Waals surface area (Å²) in [5.41, 5.74) is 0. The van der Waals surface area contributed by atoms with Gasteiger partial charge in [-0.05, 0) is 50.2 Å². The molecule has 0 N–H and O–H groups in total. The zero-order valence-electron chi connectivity index (χ0n) is 16.0. The van der Waals surface area contributed by atoms with Crippen molar-refractivity contribution in [3.8, 4) is 0 Å². The zero-order chi connectivity index (χ0) is 17.5. The molecule has 0 amide bonds. The highest BCUT2D eigenvalue weighted by Crippen LogP contribution is 2.41. The van der Waals surface area contributed by atoms with Crippen LogP contribution in [0.1, 0.15) is 93.9 Å². The summed E-state index contributed by atoms with van der Waals surface area (Å²) in [7, 11) is 0. The fourth-order valence-electron chi connectivity index (χ4n) is 3.94.